The second-order valence-corrected chi connectivity index (χ2v) is 8.17. The Labute approximate surface area is 213 Å². The van der Waals surface area contributed by atoms with Crippen LogP contribution in [0.5, 0.6) is 0 Å². The van der Waals surface area contributed by atoms with Crippen LogP contribution in [-0.2, 0) is 0 Å². The van der Waals surface area contributed by atoms with Crippen LogP contribution in [-0.4, -0.2) is 66.5 Å². The van der Waals surface area contributed by atoms with Crippen LogP contribution in [0.2, 0.25) is 0 Å². The zero-order valence-electron chi connectivity index (χ0n) is 18.1. The first-order valence-electron chi connectivity index (χ1n) is 9.82. The van der Waals surface area contributed by atoms with Crippen LogP contribution in [0.15, 0.2) is 46.9 Å². The van der Waals surface area contributed by atoms with Crippen LogP contribution in [0.25, 0.3) is 22.3 Å². The summed E-state index contributed by atoms with van der Waals surface area (Å²) in [6.07, 6.45) is 0. The average molecular weight is 573 g/mol. The number of aromatic carboxylic acids is 6. The smallest absolute Gasteiger partial charge is 0.337 e. The molecule has 0 amide bonds. The van der Waals surface area contributed by atoms with Crippen LogP contribution in [0.3, 0.4) is 0 Å². The monoisotopic (exact) mass is 572 g/mol. The Morgan fingerprint density at radius 1 is 0.486 bits per heavy atom. The molecule has 0 spiro atoms. The molecule has 0 heterocycles. The summed E-state index contributed by atoms with van der Waals surface area (Å²) in [6.45, 7) is 0. The van der Waals surface area contributed by atoms with Gasteiger partial charge in [0.1, 0.15) is 0 Å². The second kappa shape index (κ2) is 9.91. The molecule has 0 aromatic heterocycles. The van der Waals surface area contributed by atoms with Crippen molar-refractivity contribution in [2.45, 2.75) is 0 Å². The Morgan fingerprint density at radius 2 is 0.865 bits per heavy atom. The van der Waals surface area contributed by atoms with Gasteiger partial charge in [-0.1, -0.05) is 40.2 Å². The molecule has 3 aromatic rings. The Balaban J connectivity index is 2.74. The van der Waals surface area contributed by atoms with E-state index in [-0.39, 0.29) is 10.0 Å². The molecule has 37 heavy (non-hydrogen) atoms. The molecule has 3 rings (SSSR count). The number of hydrogen-bond donors (Lipinski definition) is 6. The second-order valence-electron chi connectivity index (χ2n) is 7.32. The number of hydrogen-bond acceptors (Lipinski definition) is 6. The number of carboxylic acid groups (broad SMARTS) is 6. The van der Waals surface area contributed by atoms with E-state index in [1.807, 2.05) is 0 Å². The molecule has 0 aliphatic heterocycles. The predicted octanol–water partition coefficient (Wildman–Crippen LogP) is 3.97. The van der Waals surface area contributed by atoms with Crippen molar-refractivity contribution >= 4 is 51.7 Å². The van der Waals surface area contributed by atoms with Crippen LogP contribution >= 0.6 is 15.9 Å². The van der Waals surface area contributed by atoms with Gasteiger partial charge in [0.15, 0.2) is 0 Å². The van der Waals surface area contributed by atoms with Gasteiger partial charge in [0, 0.05) is 15.6 Å². The molecule has 0 radical (unpaired) electrons. The average Bonchev–Trinajstić information content (AvgIpc) is 2.81. The van der Waals surface area contributed by atoms with Gasteiger partial charge in [0.2, 0.25) is 0 Å². The number of carboxylic acids is 6. The molecule has 0 bridgehead atoms. The molecule has 13 heteroatoms. The van der Waals surface area contributed by atoms with Crippen molar-refractivity contribution < 1.29 is 59.4 Å². The third-order valence-electron chi connectivity index (χ3n) is 5.28. The normalized spacial score (nSPS) is 10.5. The molecule has 0 fully saturated rings. The summed E-state index contributed by atoms with van der Waals surface area (Å²) in [7, 11) is 0. The molecule has 0 saturated carbocycles. The first kappa shape index (κ1) is 26.6. The van der Waals surface area contributed by atoms with Gasteiger partial charge in [-0.2, -0.15) is 0 Å². The highest BCUT2D eigenvalue weighted by molar-refractivity contribution is 9.10. The largest absolute Gasteiger partial charge is 0.478 e. The van der Waals surface area contributed by atoms with E-state index in [1.54, 1.807) is 0 Å². The van der Waals surface area contributed by atoms with Gasteiger partial charge < -0.3 is 30.6 Å². The van der Waals surface area contributed by atoms with Crippen molar-refractivity contribution in [1.29, 1.82) is 0 Å². The fourth-order valence-electron chi connectivity index (χ4n) is 3.91. The van der Waals surface area contributed by atoms with Crippen LogP contribution in [0.1, 0.15) is 62.1 Å². The standard InChI is InChI=1S/C24H13BrO12/c25-13-7-12(21(30)31)18(24(36)37)17(9-4-2-6-11(20(28)29)15(9)23(34)35)16(13)8-3-1-5-10(19(26)27)14(8)22(32)33/h1-7H,(H,26,27)(H,28,29)(H,30,31)(H,32,33)(H,34,35)(H,36,37). The van der Waals surface area contributed by atoms with E-state index in [0.29, 0.717) is 0 Å². The van der Waals surface area contributed by atoms with Crippen molar-refractivity contribution in [1.82, 2.24) is 0 Å². The maximum absolute atomic E-state index is 12.4. The van der Waals surface area contributed by atoms with Crippen LogP contribution in [0.4, 0.5) is 0 Å². The summed E-state index contributed by atoms with van der Waals surface area (Å²) in [5, 5.41) is 58.4. The number of carbonyl (C=O) groups is 6. The van der Waals surface area contributed by atoms with Crippen LogP contribution in [0, 0.1) is 0 Å². The van der Waals surface area contributed by atoms with Gasteiger partial charge in [-0.15, -0.1) is 0 Å². The quantitative estimate of drug-likeness (QED) is 0.225. The SMILES string of the molecule is O=C(O)c1cccc(-c2c(Br)cc(C(=O)O)c(C(=O)O)c2-c2cccc(C(=O)O)c2C(=O)O)c1C(=O)O. The lowest BCUT2D eigenvalue weighted by molar-refractivity contribution is 0.0650. The predicted molar refractivity (Wildman–Crippen MR) is 127 cm³/mol. The third-order valence-corrected chi connectivity index (χ3v) is 5.91. The van der Waals surface area contributed by atoms with Gasteiger partial charge in [-0.3, -0.25) is 0 Å². The van der Waals surface area contributed by atoms with Crippen molar-refractivity contribution in [3.05, 3.63) is 80.3 Å². The van der Waals surface area contributed by atoms with E-state index in [4.69, 9.17) is 0 Å². The Kier molecular flexibility index (Phi) is 7.11. The number of halogens is 1. The number of rotatable bonds is 8. The number of benzene rings is 3. The maximum atomic E-state index is 12.4. The summed E-state index contributed by atoms with van der Waals surface area (Å²) in [5.74, 6) is -10.5. The van der Waals surface area contributed by atoms with E-state index in [0.717, 1.165) is 42.5 Å². The summed E-state index contributed by atoms with van der Waals surface area (Å²) < 4.78 is -0.230. The first-order chi connectivity index (χ1) is 17.3. The fourth-order valence-corrected chi connectivity index (χ4v) is 4.55. The summed E-state index contributed by atoms with van der Waals surface area (Å²) in [5.41, 5.74) is -6.96. The zero-order chi connectivity index (χ0) is 27.8. The molecular formula is C24H13BrO12. The minimum absolute atomic E-state index is 0.230. The van der Waals surface area contributed by atoms with Crippen molar-refractivity contribution in [2.24, 2.45) is 0 Å². The lowest BCUT2D eigenvalue weighted by atomic mass is 9.82. The minimum Gasteiger partial charge on any atom is -0.478 e. The Hall–Kier alpha value is -5.04. The van der Waals surface area contributed by atoms with Gasteiger partial charge in [0.05, 0.1) is 33.4 Å². The summed E-state index contributed by atoms with van der Waals surface area (Å²) in [4.78, 5) is 72.1. The zero-order valence-corrected chi connectivity index (χ0v) is 19.6. The van der Waals surface area contributed by atoms with Gasteiger partial charge >= 0.3 is 35.8 Å². The lowest BCUT2D eigenvalue weighted by Crippen LogP contribution is -2.16. The van der Waals surface area contributed by atoms with Crippen molar-refractivity contribution in [3.8, 4) is 22.3 Å². The third kappa shape index (κ3) is 4.62. The molecule has 0 atom stereocenters. The van der Waals surface area contributed by atoms with E-state index in [1.165, 1.54) is 0 Å². The van der Waals surface area contributed by atoms with Gasteiger partial charge in [-0.25, -0.2) is 28.8 Å². The molecule has 0 unspecified atom stereocenters. The lowest BCUT2D eigenvalue weighted by Gasteiger charge is -2.21. The Bertz CT molecular complexity index is 1550. The first-order valence-corrected chi connectivity index (χ1v) is 10.6. The van der Waals surface area contributed by atoms with Gasteiger partial charge in [-0.05, 0) is 29.3 Å². The van der Waals surface area contributed by atoms with E-state index < -0.39 is 85.9 Å². The summed E-state index contributed by atoms with van der Waals surface area (Å²) >= 11 is 3.08. The molecule has 0 aliphatic rings. The van der Waals surface area contributed by atoms with E-state index >= 15 is 0 Å². The highest BCUT2D eigenvalue weighted by Crippen LogP contribution is 2.45. The fraction of sp³-hybridized carbons (Fsp3) is 0. The molecular weight excluding hydrogens is 560 g/mol. The topological polar surface area (TPSA) is 224 Å². The van der Waals surface area contributed by atoms with Gasteiger partial charge in [0.25, 0.3) is 0 Å². The summed E-state index contributed by atoms with van der Waals surface area (Å²) in [6, 6.07) is 7.13. The van der Waals surface area contributed by atoms with E-state index in [9.17, 15) is 59.4 Å². The van der Waals surface area contributed by atoms with E-state index in [2.05, 4.69) is 15.9 Å². The highest BCUT2D eigenvalue weighted by Gasteiger charge is 2.33. The van der Waals surface area contributed by atoms with Crippen LogP contribution < -0.4 is 0 Å². The molecule has 3 aromatic carbocycles. The van der Waals surface area contributed by atoms with Crippen molar-refractivity contribution in [3.63, 3.8) is 0 Å². The molecule has 6 N–H and O–H groups in total. The molecule has 188 valence electrons. The molecule has 12 nitrogen and oxygen atoms in total. The minimum atomic E-state index is -1.86. The highest BCUT2D eigenvalue weighted by atomic mass is 79.9. The maximum Gasteiger partial charge on any atom is 0.337 e. The molecule has 0 aliphatic carbocycles. The Morgan fingerprint density at radius 3 is 1.22 bits per heavy atom. The van der Waals surface area contributed by atoms with Crippen molar-refractivity contribution in [2.75, 3.05) is 0 Å². The molecule has 0 saturated heterocycles.